The quantitative estimate of drug-likeness (QED) is 0.800. The number of nitriles is 1. The topological polar surface area (TPSA) is 53.6 Å². The van der Waals surface area contributed by atoms with Crippen LogP contribution in [0.1, 0.15) is 25.5 Å². The van der Waals surface area contributed by atoms with Crippen LogP contribution in [0.25, 0.3) is 0 Å². The Morgan fingerprint density at radius 3 is 2.83 bits per heavy atom. The molecule has 5 heteroatoms. The number of nitrogens with zero attached hydrogens (tertiary/aromatic N) is 3. The molecule has 1 heterocycles. The Kier molecular flexibility index (Phi) is 3.98. The summed E-state index contributed by atoms with van der Waals surface area (Å²) in [5, 5.41) is 18.4. The minimum atomic E-state index is -0.364. The average molecular weight is 264 g/mol. The van der Waals surface area contributed by atoms with E-state index < -0.39 is 0 Å². The molecule has 1 atom stereocenters. The van der Waals surface area contributed by atoms with Gasteiger partial charge in [-0.1, -0.05) is 6.92 Å². The molecule has 4 nitrogen and oxygen atoms in total. The average Bonchev–Trinajstić information content (AvgIpc) is 3.12. The van der Waals surface area contributed by atoms with Crippen molar-refractivity contribution < 1.29 is 0 Å². The van der Waals surface area contributed by atoms with Gasteiger partial charge in [0.15, 0.2) is 0 Å². The van der Waals surface area contributed by atoms with Crippen molar-refractivity contribution in [1.29, 1.82) is 5.26 Å². The van der Waals surface area contributed by atoms with E-state index in [2.05, 4.69) is 29.5 Å². The Bertz CT molecular complexity index is 458. The second kappa shape index (κ2) is 5.33. The van der Waals surface area contributed by atoms with E-state index in [1.165, 1.54) is 12.8 Å². The van der Waals surface area contributed by atoms with Gasteiger partial charge in [-0.15, -0.1) is 11.8 Å². The summed E-state index contributed by atoms with van der Waals surface area (Å²) in [5.74, 6) is 1.31. The van der Waals surface area contributed by atoms with Crippen molar-refractivity contribution in [3.05, 3.63) is 11.8 Å². The molecule has 1 aliphatic carbocycles. The highest BCUT2D eigenvalue weighted by Crippen LogP contribution is 2.42. The third-order valence-corrected chi connectivity index (χ3v) is 4.65. The zero-order chi connectivity index (χ0) is 13.2. The summed E-state index contributed by atoms with van der Waals surface area (Å²) in [7, 11) is 1.95. The molecule has 1 fully saturated rings. The second-order valence-corrected chi connectivity index (χ2v) is 5.92. The molecular weight excluding hydrogens is 244 g/mol. The molecule has 1 N–H and O–H groups in total. The monoisotopic (exact) mass is 264 g/mol. The van der Waals surface area contributed by atoms with Crippen LogP contribution < -0.4 is 5.32 Å². The van der Waals surface area contributed by atoms with Gasteiger partial charge in [0.25, 0.3) is 0 Å². The number of hydrogen-bond donors (Lipinski definition) is 1. The SMILES string of the molecule is CCNC(C#N)(CSc1cc(C)nn1C)C1CC1. The van der Waals surface area contributed by atoms with Crippen LogP contribution in [0.15, 0.2) is 11.1 Å². The maximum atomic E-state index is 9.52. The summed E-state index contributed by atoms with van der Waals surface area (Å²) in [6.07, 6.45) is 2.34. The first-order chi connectivity index (χ1) is 8.61. The highest BCUT2D eigenvalue weighted by atomic mass is 32.2. The lowest BCUT2D eigenvalue weighted by molar-refractivity contribution is 0.415. The van der Waals surface area contributed by atoms with Crippen LogP contribution in [0.3, 0.4) is 0 Å². The Morgan fingerprint density at radius 2 is 2.39 bits per heavy atom. The zero-order valence-corrected chi connectivity index (χ0v) is 12.0. The van der Waals surface area contributed by atoms with Gasteiger partial charge in [0.2, 0.25) is 0 Å². The van der Waals surface area contributed by atoms with Gasteiger partial charge in [-0.2, -0.15) is 10.4 Å². The largest absolute Gasteiger partial charge is 0.299 e. The predicted molar refractivity (Wildman–Crippen MR) is 73.4 cm³/mol. The van der Waals surface area contributed by atoms with E-state index in [0.29, 0.717) is 5.92 Å². The fraction of sp³-hybridized carbons (Fsp3) is 0.692. The van der Waals surface area contributed by atoms with Crippen molar-refractivity contribution in [1.82, 2.24) is 15.1 Å². The first-order valence-corrected chi connectivity index (χ1v) is 7.39. The van der Waals surface area contributed by atoms with Crippen LogP contribution in [-0.2, 0) is 7.05 Å². The molecule has 1 aromatic heterocycles. The number of rotatable bonds is 6. The van der Waals surface area contributed by atoms with E-state index in [4.69, 9.17) is 0 Å². The fourth-order valence-electron chi connectivity index (χ4n) is 2.28. The van der Waals surface area contributed by atoms with Gasteiger partial charge in [0, 0.05) is 12.8 Å². The summed E-state index contributed by atoms with van der Waals surface area (Å²) in [6.45, 7) is 4.90. The summed E-state index contributed by atoms with van der Waals surface area (Å²) >= 11 is 1.72. The standard InChI is InChI=1S/C13H20N4S/c1-4-15-13(8-14,11-5-6-11)9-18-12-7-10(2)16-17(12)3/h7,11,15H,4-6,9H2,1-3H3. The van der Waals surface area contributed by atoms with E-state index in [0.717, 1.165) is 23.0 Å². The lowest BCUT2D eigenvalue weighted by Crippen LogP contribution is -2.48. The number of aromatic nitrogens is 2. The van der Waals surface area contributed by atoms with Gasteiger partial charge in [0.05, 0.1) is 16.8 Å². The van der Waals surface area contributed by atoms with Crippen LogP contribution in [0.4, 0.5) is 0 Å². The van der Waals surface area contributed by atoms with Crippen molar-refractivity contribution in [2.24, 2.45) is 13.0 Å². The molecule has 0 aliphatic heterocycles. The summed E-state index contributed by atoms with van der Waals surface area (Å²) < 4.78 is 1.89. The number of hydrogen-bond acceptors (Lipinski definition) is 4. The highest BCUT2D eigenvalue weighted by Gasteiger charge is 2.45. The fourth-order valence-corrected chi connectivity index (χ4v) is 3.54. The van der Waals surface area contributed by atoms with Crippen molar-refractivity contribution >= 4 is 11.8 Å². The van der Waals surface area contributed by atoms with E-state index in [9.17, 15) is 5.26 Å². The molecule has 2 rings (SSSR count). The van der Waals surface area contributed by atoms with Gasteiger partial charge in [-0.05, 0) is 38.3 Å². The number of thioether (sulfide) groups is 1. The van der Waals surface area contributed by atoms with Crippen molar-refractivity contribution in [3.63, 3.8) is 0 Å². The molecule has 0 bridgehead atoms. The van der Waals surface area contributed by atoms with E-state index in [1.807, 2.05) is 18.7 Å². The predicted octanol–water partition coefficient (Wildman–Crippen LogP) is 2.10. The Balaban J connectivity index is 2.06. The number of aryl methyl sites for hydroxylation is 2. The third kappa shape index (κ3) is 2.70. The maximum Gasteiger partial charge on any atom is 0.119 e. The summed E-state index contributed by atoms with van der Waals surface area (Å²) in [4.78, 5) is 0. The van der Waals surface area contributed by atoms with E-state index >= 15 is 0 Å². The molecule has 0 radical (unpaired) electrons. The molecule has 0 saturated heterocycles. The van der Waals surface area contributed by atoms with Gasteiger partial charge >= 0.3 is 0 Å². The lowest BCUT2D eigenvalue weighted by atomic mass is 9.98. The molecule has 1 unspecified atom stereocenters. The summed E-state index contributed by atoms with van der Waals surface area (Å²) in [6, 6.07) is 4.59. The van der Waals surface area contributed by atoms with Gasteiger partial charge < -0.3 is 0 Å². The normalized spacial score (nSPS) is 18.3. The van der Waals surface area contributed by atoms with Crippen LogP contribution >= 0.6 is 11.8 Å². The Hall–Kier alpha value is -0.990. The van der Waals surface area contributed by atoms with Crippen LogP contribution in [0.2, 0.25) is 0 Å². The molecule has 1 saturated carbocycles. The second-order valence-electron chi connectivity index (χ2n) is 4.92. The van der Waals surface area contributed by atoms with Crippen molar-refractivity contribution in [2.75, 3.05) is 12.3 Å². The molecule has 18 heavy (non-hydrogen) atoms. The van der Waals surface area contributed by atoms with E-state index in [1.54, 1.807) is 11.8 Å². The molecule has 98 valence electrons. The third-order valence-electron chi connectivity index (χ3n) is 3.37. The smallest absolute Gasteiger partial charge is 0.119 e. The molecule has 0 amide bonds. The minimum absolute atomic E-state index is 0.364. The minimum Gasteiger partial charge on any atom is -0.299 e. The Morgan fingerprint density at radius 1 is 1.67 bits per heavy atom. The van der Waals surface area contributed by atoms with Crippen molar-refractivity contribution in [3.8, 4) is 6.07 Å². The molecule has 1 aromatic rings. The molecular formula is C13H20N4S. The van der Waals surface area contributed by atoms with Crippen LogP contribution in [0.5, 0.6) is 0 Å². The first kappa shape index (κ1) is 13.4. The molecule has 0 aromatic carbocycles. The zero-order valence-electron chi connectivity index (χ0n) is 11.2. The molecule has 1 aliphatic rings. The number of nitrogens with one attached hydrogen (secondary N) is 1. The Labute approximate surface area is 113 Å². The van der Waals surface area contributed by atoms with Crippen LogP contribution in [-0.4, -0.2) is 27.6 Å². The maximum absolute atomic E-state index is 9.52. The van der Waals surface area contributed by atoms with Gasteiger partial charge in [-0.3, -0.25) is 10.00 Å². The van der Waals surface area contributed by atoms with Gasteiger partial charge in [-0.25, -0.2) is 0 Å². The van der Waals surface area contributed by atoms with Crippen molar-refractivity contribution in [2.45, 2.75) is 37.3 Å². The first-order valence-electron chi connectivity index (χ1n) is 6.41. The lowest BCUT2D eigenvalue weighted by Gasteiger charge is -2.27. The molecule has 0 spiro atoms. The highest BCUT2D eigenvalue weighted by molar-refractivity contribution is 7.99. The van der Waals surface area contributed by atoms with Gasteiger partial charge in [0.1, 0.15) is 5.54 Å². The van der Waals surface area contributed by atoms with Crippen LogP contribution in [0, 0.1) is 24.2 Å². The van der Waals surface area contributed by atoms with E-state index in [-0.39, 0.29) is 5.54 Å². The summed E-state index contributed by atoms with van der Waals surface area (Å²) in [5.41, 5.74) is 0.662.